The summed E-state index contributed by atoms with van der Waals surface area (Å²) in [6, 6.07) is 8.88. The van der Waals surface area contributed by atoms with Crippen LogP contribution >= 0.6 is 0 Å². The molecule has 7 nitrogen and oxygen atoms in total. The van der Waals surface area contributed by atoms with Crippen molar-refractivity contribution in [2.75, 3.05) is 14.2 Å². The molecule has 0 saturated carbocycles. The largest absolute Gasteiger partial charge is 0.497 e. The summed E-state index contributed by atoms with van der Waals surface area (Å²) in [5.41, 5.74) is 0.681. The number of hydrogen-bond donors (Lipinski definition) is 0. The number of ketones is 1. The smallest absolute Gasteiger partial charge is 0.323 e. The molecule has 2 aromatic rings. The molecule has 0 aliphatic rings. The molecule has 1 heterocycles. The van der Waals surface area contributed by atoms with Gasteiger partial charge in [0.1, 0.15) is 5.75 Å². The van der Waals surface area contributed by atoms with Gasteiger partial charge in [0.2, 0.25) is 0 Å². The van der Waals surface area contributed by atoms with Crippen LogP contribution in [0.5, 0.6) is 5.75 Å². The molecule has 0 aliphatic heterocycles. The number of aryl methyl sites for hydroxylation is 1. The van der Waals surface area contributed by atoms with Gasteiger partial charge in [-0.05, 0) is 17.7 Å². The highest BCUT2D eigenvalue weighted by molar-refractivity contribution is 5.94. The Morgan fingerprint density at radius 3 is 2.44 bits per heavy atom. The van der Waals surface area contributed by atoms with Crippen molar-refractivity contribution in [1.29, 1.82) is 5.26 Å². The molecule has 0 spiro atoms. The van der Waals surface area contributed by atoms with E-state index >= 15 is 0 Å². The number of imidazole rings is 1. The number of rotatable bonds is 7. The summed E-state index contributed by atoms with van der Waals surface area (Å²) in [4.78, 5) is 28.6. The summed E-state index contributed by atoms with van der Waals surface area (Å²) in [5, 5.41) is 9.45. The molecule has 0 radical (unpaired) electrons. The average Bonchev–Trinajstić information content (AvgIpc) is 3.07. The third-order valence-corrected chi connectivity index (χ3v) is 4.02. The van der Waals surface area contributed by atoms with Crippen molar-refractivity contribution in [3.8, 4) is 11.8 Å². The molecule has 2 unspecified atom stereocenters. The number of nitrogens with zero attached hydrogens (tertiary/aromatic N) is 3. The maximum atomic E-state index is 12.6. The first-order valence-electron chi connectivity index (χ1n) is 7.63. The molecule has 1 aromatic carbocycles. The van der Waals surface area contributed by atoms with Gasteiger partial charge >= 0.3 is 5.97 Å². The second-order valence-electron chi connectivity index (χ2n) is 5.50. The Morgan fingerprint density at radius 2 is 1.96 bits per heavy atom. The summed E-state index contributed by atoms with van der Waals surface area (Å²) < 4.78 is 11.5. The van der Waals surface area contributed by atoms with Gasteiger partial charge in [-0.25, -0.2) is 4.98 Å². The fraction of sp³-hybridized carbons (Fsp3) is 0.333. The molecule has 130 valence electrons. The van der Waals surface area contributed by atoms with Crippen LogP contribution in [0.4, 0.5) is 0 Å². The summed E-state index contributed by atoms with van der Waals surface area (Å²) in [6.07, 6.45) is 3.15. The van der Waals surface area contributed by atoms with Crippen molar-refractivity contribution in [1.82, 2.24) is 9.55 Å². The van der Waals surface area contributed by atoms with Crippen LogP contribution in [-0.4, -0.2) is 35.5 Å². The monoisotopic (exact) mass is 341 g/mol. The Bertz CT molecular complexity index is 789. The fourth-order valence-corrected chi connectivity index (χ4v) is 2.64. The van der Waals surface area contributed by atoms with Gasteiger partial charge in [0.05, 0.1) is 20.3 Å². The first kappa shape index (κ1) is 18.2. The Labute approximate surface area is 145 Å². The van der Waals surface area contributed by atoms with Crippen LogP contribution in [0.3, 0.4) is 0 Å². The van der Waals surface area contributed by atoms with Gasteiger partial charge in [-0.2, -0.15) is 5.26 Å². The van der Waals surface area contributed by atoms with Gasteiger partial charge in [-0.15, -0.1) is 0 Å². The lowest BCUT2D eigenvalue weighted by Gasteiger charge is -2.20. The molecule has 0 bridgehead atoms. The summed E-state index contributed by atoms with van der Waals surface area (Å²) in [6.45, 7) is 0. The molecule has 0 saturated heterocycles. The van der Waals surface area contributed by atoms with E-state index in [9.17, 15) is 14.9 Å². The maximum Gasteiger partial charge on any atom is 0.323 e. The molecule has 2 rings (SSSR count). The second kappa shape index (κ2) is 8.11. The first-order chi connectivity index (χ1) is 12.0. The zero-order valence-corrected chi connectivity index (χ0v) is 14.3. The van der Waals surface area contributed by atoms with E-state index in [1.165, 1.54) is 13.3 Å². The van der Waals surface area contributed by atoms with Crippen molar-refractivity contribution in [3.05, 3.63) is 48.0 Å². The molecule has 0 aliphatic carbocycles. The third kappa shape index (κ3) is 4.04. The second-order valence-corrected chi connectivity index (χ2v) is 5.50. The predicted octanol–water partition coefficient (Wildman–Crippen LogP) is 2.10. The number of carbonyl (C=O) groups is 2. The minimum atomic E-state index is -1.09. The van der Waals surface area contributed by atoms with Crippen LogP contribution in [0.25, 0.3) is 0 Å². The summed E-state index contributed by atoms with van der Waals surface area (Å²) >= 11 is 0. The van der Waals surface area contributed by atoms with E-state index < -0.39 is 17.8 Å². The van der Waals surface area contributed by atoms with Crippen molar-refractivity contribution < 1.29 is 19.1 Å². The van der Waals surface area contributed by atoms with Crippen LogP contribution in [0, 0.1) is 17.2 Å². The number of methoxy groups -OCH3 is 2. The van der Waals surface area contributed by atoms with Crippen LogP contribution < -0.4 is 4.74 Å². The number of hydrogen-bond acceptors (Lipinski definition) is 6. The lowest BCUT2D eigenvalue weighted by atomic mass is 9.83. The van der Waals surface area contributed by atoms with Crippen molar-refractivity contribution in [2.45, 2.75) is 12.3 Å². The van der Waals surface area contributed by atoms with Gasteiger partial charge < -0.3 is 14.0 Å². The van der Waals surface area contributed by atoms with Crippen LogP contribution in [0.15, 0.2) is 36.7 Å². The molecule has 7 heteroatoms. The van der Waals surface area contributed by atoms with E-state index in [4.69, 9.17) is 9.47 Å². The molecule has 0 fully saturated rings. The van der Waals surface area contributed by atoms with Crippen LogP contribution in [-0.2, 0) is 16.6 Å². The minimum absolute atomic E-state index is 0.0372. The standard InChI is InChI=1S/C18H19N3O4/c1-21-9-8-20-17(21)16(22)10-14(15(11-19)18(23)25-3)12-4-6-13(24-2)7-5-12/h4-9,14-15H,10H2,1-3H3. The molecular formula is C18H19N3O4. The van der Waals surface area contributed by atoms with E-state index in [-0.39, 0.29) is 18.0 Å². The average molecular weight is 341 g/mol. The Balaban J connectivity index is 2.37. The fourth-order valence-electron chi connectivity index (χ4n) is 2.64. The normalized spacial score (nSPS) is 12.7. The Morgan fingerprint density at radius 1 is 1.28 bits per heavy atom. The third-order valence-electron chi connectivity index (χ3n) is 4.02. The Kier molecular flexibility index (Phi) is 5.90. The molecule has 0 amide bonds. The summed E-state index contributed by atoms with van der Waals surface area (Å²) in [5.74, 6) is -1.74. The number of esters is 1. The molecular weight excluding hydrogens is 322 g/mol. The number of nitriles is 1. The zero-order valence-electron chi connectivity index (χ0n) is 14.3. The van der Waals surface area contributed by atoms with E-state index in [1.807, 2.05) is 6.07 Å². The van der Waals surface area contributed by atoms with Crippen LogP contribution in [0.2, 0.25) is 0 Å². The van der Waals surface area contributed by atoms with Gasteiger partial charge in [-0.1, -0.05) is 12.1 Å². The quantitative estimate of drug-likeness (QED) is 0.565. The van der Waals surface area contributed by atoms with E-state index in [1.54, 1.807) is 49.2 Å². The SMILES string of the molecule is COC(=O)C(C#N)C(CC(=O)c1nccn1C)c1ccc(OC)cc1. The lowest BCUT2D eigenvalue weighted by Crippen LogP contribution is -2.25. The lowest BCUT2D eigenvalue weighted by molar-refractivity contribution is -0.144. The topological polar surface area (TPSA) is 94.2 Å². The number of aromatic nitrogens is 2. The van der Waals surface area contributed by atoms with Gasteiger partial charge in [0.15, 0.2) is 17.5 Å². The first-order valence-corrected chi connectivity index (χ1v) is 7.63. The van der Waals surface area contributed by atoms with Gasteiger partial charge in [0.25, 0.3) is 0 Å². The Hall–Kier alpha value is -3.14. The molecule has 0 N–H and O–H groups in total. The van der Waals surface area contributed by atoms with Gasteiger partial charge in [-0.3, -0.25) is 9.59 Å². The zero-order chi connectivity index (χ0) is 18.4. The number of benzene rings is 1. The highest BCUT2D eigenvalue weighted by atomic mass is 16.5. The van der Waals surface area contributed by atoms with Gasteiger partial charge in [0, 0.05) is 31.8 Å². The maximum absolute atomic E-state index is 12.6. The number of carbonyl (C=O) groups excluding carboxylic acids is 2. The van der Waals surface area contributed by atoms with Crippen molar-refractivity contribution in [2.24, 2.45) is 13.0 Å². The van der Waals surface area contributed by atoms with E-state index in [0.29, 0.717) is 11.3 Å². The van der Waals surface area contributed by atoms with E-state index in [2.05, 4.69) is 4.98 Å². The molecule has 2 atom stereocenters. The number of ether oxygens (including phenoxy) is 2. The highest BCUT2D eigenvalue weighted by Crippen LogP contribution is 2.31. The van der Waals surface area contributed by atoms with Crippen molar-refractivity contribution >= 4 is 11.8 Å². The van der Waals surface area contributed by atoms with Crippen LogP contribution in [0.1, 0.15) is 28.5 Å². The molecule has 1 aromatic heterocycles. The highest BCUT2D eigenvalue weighted by Gasteiger charge is 2.33. The predicted molar refractivity (Wildman–Crippen MR) is 89.0 cm³/mol. The van der Waals surface area contributed by atoms with Crippen molar-refractivity contribution in [3.63, 3.8) is 0 Å². The number of Topliss-reactive ketones (excluding diaryl/α,β-unsaturated/α-hetero) is 1. The minimum Gasteiger partial charge on any atom is -0.497 e. The summed E-state index contributed by atoms with van der Waals surface area (Å²) in [7, 11) is 4.48. The molecule has 25 heavy (non-hydrogen) atoms. The van der Waals surface area contributed by atoms with E-state index in [0.717, 1.165) is 0 Å².